The Hall–Kier alpha value is -3.15. The Morgan fingerprint density at radius 3 is 2.40 bits per heavy atom. The standard InChI is InChI=1S/C24H29N3O3/c1-17-5-7-18(8-6-17)23-27-26-22(30-23)14-13-21(28)25-15-16-29-20-11-9-19(10-12-20)24(2,3)4/h5-12H,13-16H2,1-4H3,(H,25,28). The van der Waals surface area contributed by atoms with Crippen LogP contribution in [0.4, 0.5) is 0 Å². The van der Waals surface area contributed by atoms with Crippen molar-refractivity contribution in [2.75, 3.05) is 13.2 Å². The Kier molecular flexibility index (Phi) is 6.87. The number of hydrogen-bond acceptors (Lipinski definition) is 5. The van der Waals surface area contributed by atoms with Gasteiger partial charge in [-0.3, -0.25) is 4.79 Å². The maximum Gasteiger partial charge on any atom is 0.247 e. The third-order valence-electron chi connectivity index (χ3n) is 4.74. The lowest BCUT2D eigenvalue weighted by Crippen LogP contribution is -2.28. The van der Waals surface area contributed by atoms with Gasteiger partial charge >= 0.3 is 0 Å². The molecule has 0 aliphatic rings. The Morgan fingerprint density at radius 2 is 1.73 bits per heavy atom. The second kappa shape index (κ2) is 9.57. The number of amides is 1. The smallest absolute Gasteiger partial charge is 0.247 e. The average Bonchev–Trinajstić information content (AvgIpc) is 3.19. The number of carbonyl (C=O) groups is 1. The molecule has 0 radical (unpaired) electrons. The van der Waals surface area contributed by atoms with Gasteiger partial charge in [-0.1, -0.05) is 50.6 Å². The second-order valence-corrected chi connectivity index (χ2v) is 8.34. The van der Waals surface area contributed by atoms with Crippen LogP contribution in [0.5, 0.6) is 5.75 Å². The van der Waals surface area contributed by atoms with Crippen molar-refractivity contribution in [2.24, 2.45) is 0 Å². The summed E-state index contributed by atoms with van der Waals surface area (Å²) in [5.74, 6) is 1.65. The number of nitrogens with zero attached hydrogens (tertiary/aromatic N) is 2. The van der Waals surface area contributed by atoms with Gasteiger partial charge in [0.25, 0.3) is 0 Å². The van der Waals surface area contributed by atoms with Crippen LogP contribution in [0.2, 0.25) is 0 Å². The molecule has 0 aliphatic heterocycles. The van der Waals surface area contributed by atoms with E-state index in [1.807, 2.05) is 43.3 Å². The highest BCUT2D eigenvalue weighted by molar-refractivity contribution is 5.76. The lowest BCUT2D eigenvalue weighted by Gasteiger charge is -2.19. The molecule has 0 fully saturated rings. The molecule has 6 heteroatoms. The highest BCUT2D eigenvalue weighted by Gasteiger charge is 2.13. The van der Waals surface area contributed by atoms with Gasteiger partial charge in [0.05, 0.1) is 6.54 Å². The van der Waals surface area contributed by atoms with Crippen molar-refractivity contribution in [1.29, 1.82) is 0 Å². The third kappa shape index (κ3) is 6.17. The van der Waals surface area contributed by atoms with E-state index >= 15 is 0 Å². The van der Waals surface area contributed by atoms with Gasteiger partial charge in [0.2, 0.25) is 17.7 Å². The fourth-order valence-electron chi connectivity index (χ4n) is 2.89. The van der Waals surface area contributed by atoms with Crippen LogP contribution < -0.4 is 10.1 Å². The van der Waals surface area contributed by atoms with Crippen molar-refractivity contribution in [3.05, 3.63) is 65.5 Å². The molecule has 0 saturated carbocycles. The summed E-state index contributed by atoms with van der Waals surface area (Å²) >= 11 is 0. The Morgan fingerprint density at radius 1 is 1.03 bits per heavy atom. The topological polar surface area (TPSA) is 77.2 Å². The van der Waals surface area contributed by atoms with E-state index in [2.05, 4.69) is 48.4 Å². The molecule has 2 aromatic carbocycles. The summed E-state index contributed by atoms with van der Waals surface area (Å²) in [4.78, 5) is 12.0. The normalized spacial score (nSPS) is 11.3. The average molecular weight is 408 g/mol. The number of benzene rings is 2. The molecule has 3 rings (SSSR count). The highest BCUT2D eigenvalue weighted by Crippen LogP contribution is 2.24. The summed E-state index contributed by atoms with van der Waals surface area (Å²) in [6, 6.07) is 15.9. The Labute approximate surface area is 177 Å². The number of aryl methyl sites for hydroxylation is 2. The monoisotopic (exact) mass is 407 g/mol. The molecule has 30 heavy (non-hydrogen) atoms. The Bertz CT molecular complexity index is 955. The molecule has 3 aromatic rings. The SMILES string of the molecule is Cc1ccc(-c2nnc(CCC(=O)NCCOc3ccc(C(C)(C)C)cc3)o2)cc1. The first-order valence-corrected chi connectivity index (χ1v) is 10.2. The summed E-state index contributed by atoms with van der Waals surface area (Å²) in [5, 5.41) is 10.9. The first kappa shape index (κ1) is 21.6. The molecule has 1 amide bonds. The van der Waals surface area contributed by atoms with Crippen molar-refractivity contribution in [2.45, 2.75) is 46.0 Å². The van der Waals surface area contributed by atoms with Gasteiger partial charge in [-0.2, -0.15) is 0 Å². The van der Waals surface area contributed by atoms with Crippen molar-refractivity contribution >= 4 is 5.91 Å². The minimum Gasteiger partial charge on any atom is -0.492 e. The molecule has 0 bridgehead atoms. The molecule has 0 atom stereocenters. The lowest BCUT2D eigenvalue weighted by molar-refractivity contribution is -0.121. The first-order chi connectivity index (χ1) is 14.3. The number of ether oxygens (including phenoxy) is 1. The molecule has 0 spiro atoms. The second-order valence-electron chi connectivity index (χ2n) is 8.34. The van der Waals surface area contributed by atoms with Crippen LogP contribution in [0.15, 0.2) is 52.9 Å². The summed E-state index contributed by atoms with van der Waals surface area (Å²) in [6.07, 6.45) is 0.690. The fraction of sp³-hybridized carbons (Fsp3) is 0.375. The zero-order valence-corrected chi connectivity index (χ0v) is 18.1. The quantitative estimate of drug-likeness (QED) is 0.558. The van der Waals surface area contributed by atoms with E-state index in [0.717, 1.165) is 11.3 Å². The van der Waals surface area contributed by atoms with Gasteiger partial charge in [-0.25, -0.2) is 0 Å². The third-order valence-corrected chi connectivity index (χ3v) is 4.74. The molecule has 0 aliphatic carbocycles. The molecule has 0 saturated heterocycles. The zero-order chi connectivity index (χ0) is 21.6. The van der Waals surface area contributed by atoms with Crippen molar-refractivity contribution in [3.8, 4) is 17.2 Å². The molecule has 158 valence electrons. The lowest BCUT2D eigenvalue weighted by atomic mass is 9.87. The van der Waals surface area contributed by atoms with Crippen LogP contribution >= 0.6 is 0 Å². The molecular formula is C24H29N3O3. The van der Waals surface area contributed by atoms with Crippen LogP contribution in [-0.2, 0) is 16.6 Å². The molecule has 1 N–H and O–H groups in total. The minimum absolute atomic E-state index is 0.0724. The number of hydrogen-bond donors (Lipinski definition) is 1. The van der Waals surface area contributed by atoms with Crippen LogP contribution in [-0.4, -0.2) is 29.3 Å². The zero-order valence-electron chi connectivity index (χ0n) is 18.1. The van der Waals surface area contributed by atoms with E-state index in [9.17, 15) is 4.79 Å². The number of rotatable bonds is 8. The Balaban J connectivity index is 1.37. The summed E-state index contributed by atoms with van der Waals surface area (Å²) < 4.78 is 11.3. The molecule has 1 heterocycles. The van der Waals surface area contributed by atoms with E-state index in [1.54, 1.807) is 0 Å². The van der Waals surface area contributed by atoms with Gasteiger partial charge in [0, 0.05) is 18.4 Å². The highest BCUT2D eigenvalue weighted by atomic mass is 16.5. The largest absolute Gasteiger partial charge is 0.492 e. The van der Waals surface area contributed by atoms with E-state index in [1.165, 1.54) is 11.1 Å². The van der Waals surface area contributed by atoms with Crippen molar-refractivity contribution < 1.29 is 13.9 Å². The van der Waals surface area contributed by atoms with Crippen LogP contribution in [0.1, 0.15) is 44.2 Å². The van der Waals surface area contributed by atoms with Crippen molar-refractivity contribution in [1.82, 2.24) is 15.5 Å². The van der Waals surface area contributed by atoms with Gasteiger partial charge in [0.1, 0.15) is 12.4 Å². The minimum atomic E-state index is -0.0724. The van der Waals surface area contributed by atoms with Gasteiger partial charge in [0.15, 0.2) is 0 Å². The van der Waals surface area contributed by atoms with Gasteiger partial charge in [-0.05, 0) is 42.2 Å². The van der Waals surface area contributed by atoms with E-state index in [4.69, 9.17) is 9.15 Å². The van der Waals surface area contributed by atoms with Crippen LogP contribution in [0.3, 0.4) is 0 Å². The molecule has 1 aromatic heterocycles. The maximum atomic E-state index is 12.0. The summed E-state index contributed by atoms with van der Waals surface area (Å²) in [5.41, 5.74) is 3.42. The maximum absolute atomic E-state index is 12.0. The van der Waals surface area contributed by atoms with Gasteiger partial charge in [-0.15, -0.1) is 10.2 Å². The predicted octanol–water partition coefficient (Wildman–Crippen LogP) is 4.47. The molecule has 0 unspecified atom stereocenters. The summed E-state index contributed by atoms with van der Waals surface area (Å²) in [7, 11) is 0. The van der Waals surface area contributed by atoms with Crippen molar-refractivity contribution in [3.63, 3.8) is 0 Å². The van der Waals surface area contributed by atoms with Gasteiger partial charge < -0.3 is 14.5 Å². The van der Waals surface area contributed by atoms with E-state index < -0.39 is 0 Å². The predicted molar refractivity (Wildman–Crippen MR) is 116 cm³/mol. The fourth-order valence-corrected chi connectivity index (χ4v) is 2.89. The molecule has 6 nitrogen and oxygen atoms in total. The first-order valence-electron chi connectivity index (χ1n) is 10.2. The number of carbonyl (C=O) groups excluding carboxylic acids is 1. The van der Waals surface area contributed by atoms with Crippen LogP contribution in [0, 0.1) is 6.92 Å². The molecular weight excluding hydrogens is 378 g/mol. The van der Waals surface area contributed by atoms with Crippen LogP contribution in [0.25, 0.3) is 11.5 Å². The number of nitrogens with one attached hydrogen (secondary N) is 1. The van der Waals surface area contributed by atoms with E-state index in [0.29, 0.717) is 31.4 Å². The summed E-state index contributed by atoms with van der Waals surface area (Å²) in [6.45, 7) is 9.41. The van der Waals surface area contributed by atoms with E-state index in [-0.39, 0.29) is 17.7 Å². The number of aromatic nitrogens is 2.